The smallest absolute Gasteiger partial charge is 0.256 e. The van der Waals surface area contributed by atoms with Gasteiger partial charge in [0.05, 0.1) is 19.2 Å². The molecule has 6 heteroatoms. The molecule has 0 spiro atoms. The van der Waals surface area contributed by atoms with Crippen molar-refractivity contribution in [3.63, 3.8) is 0 Å². The van der Waals surface area contributed by atoms with Gasteiger partial charge in [0.25, 0.3) is 5.91 Å². The summed E-state index contributed by atoms with van der Waals surface area (Å²) in [7, 11) is 1.57. The van der Waals surface area contributed by atoms with Gasteiger partial charge in [-0.3, -0.25) is 9.59 Å². The molecular weight excluding hydrogens is 316 g/mol. The number of ether oxygens (including phenoxy) is 1. The molecule has 2 aromatic rings. The zero-order chi connectivity index (χ0) is 16.4. The van der Waals surface area contributed by atoms with Gasteiger partial charge in [0.15, 0.2) is 0 Å². The van der Waals surface area contributed by atoms with E-state index in [0.717, 1.165) is 5.69 Å². The lowest BCUT2D eigenvalue weighted by atomic mass is 10.2. The summed E-state index contributed by atoms with van der Waals surface area (Å²) in [6.45, 7) is 0. The minimum atomic E-state index is -0.603. The third-order valence-electron chi connectivity index (χ3n) is 3.62. The number of halogens is 1. The number of anilines is 2. The molecule has 0 radical (unpaired) electrons. The molecule has 0 bridgehead atoms. The van der Waals surface area contributed by atoms with Gasteiger partial charge in [0, 0.05) is 16.8 Å². The van der Waals surface area contributed by atoms with E-state index in [2.05, 4.69) is 5.32 Å². The molecule has 1 aliphatic rings. The molecule has 0 aliphatic carbocycles. The summed E-state index contributed by atoms with van der Waals surface area (Å²) in [6.07, 6.45) is 0.0998. The maximum absolute atomic E-state index is 12.6. The molecule has 5 nitrogen and oxygen atoms in total. The van der Waals surface area contributed by atoms with Crippen LogP contribution in [-0.4, -0.2) is 25.0 Å². The van der Waals surface area contributed by atoms with Gasteiger partial charge in [-0.2, -0.15) is 0 Å². The highest BCUT2D eigenvalue weighted by Gasteiger charge is 2.39. The third-order valence-corrected chi connectivity index (χ3v) is 3.86. The summed E-state index contributed by atoms with van der Waals surface area (Å²) in [6, 6.07) is 13.3. The monoisotopic (exact) mass is 330 g/mol. The fraction of sp³-hybridized carbons (Fsp3) is 0.176. The number of imide groups is 1. The van der Waals surface area contributed by atoms with Crippen LogP contribution < -0.4 is 15.0 Å². The van der Waals surface area contributed by atoms with Crippen molar-refractivity contribution in [2.45, 2.75) is 12.5 Å². The molecule has 3 rings (SSSR count). The Balaban J connectivity index is 1.81. The van der Waals surface area contributed by atoms with E-state index < -0.39 is 6.04 Å². The molecule has 1 aliphatic heterocycles. The van der Waals surface area contributed by atoms with Gasteiger partial charge in [-0.05, 0) is 30.3 Å². The molecule has 1 fully saturated rings. The minimum Gasteiger partial charge on any atom is -0.497 e. The van der Waals surface area contributed by atoms with Gasteiger partial charge in [0.2, 0.25) is 5.91 Å². The summed E-state index contributed by atoms with van der Waals surface area (Å²) in [5.41, 5.74) is 1.21. The van der Waals surface area contributed by atoms with Gasteiger partial charge in [-0.25, -0.2) is 4.90 Å². The van der Waals surface area contributed by atoms with Crippen molar-refractivity contribution in [3.8, 4) is 5.75 Å². The predicted octanol–water partition coefficient (Wildman–Crippen LogP) is 3.09. The van der Waals surface area contributed by atoms with Crippen LogP contribution in [0.15, 0.2) is 48.5 Å². The summed E-state index contributed by atoms with van der Waals surface area (Å²) >= 11 is 5.94. The predicted molar refractivity (Wildman–Crippen MR) is 89.0 cm³/mol. The van der Waals surface area contributed by atoms with E-state index >= 15 is 0 Å². The molecule has 1 heterocycles. The number of benzene rings is 2. The first-order valence-corrected chi connectivity index (χ1v) is 7.49. The summed E-state index contributed by atoms with van der Waals surface area (Å²) in [4.78, 5) is 25.9. The van der Waals surface area contributed by atoms with Crippen molar-refractivity contribution in [1.82, 2.24) is 0 Å². The molecule has 0 saturated carbocycles. The number of hydrogen-bond acceptors (Lipinski definition) is 4. The van der Waals surface area contributed by atoms with Crippen LogP contribution in [0.1, 0.15) is 6.42 Å². The van der Waals surface area contributed by atoms with E-state index in [0.29, 0.717) is 16.5 Å². The second-order valence-corrected chi connectivity index (χ2v) is 5.62. The Morgan fingerprint density at radius 2 is 1.96 bits per heavy atom. The van der Waals surface area contributed by atoms with Crippen molar-refractivity contribution in [2.75, 3.05) is 17.3 Å². The second-order valence-electron chi connectivity index (χ2n) is 5.18. The van der Waals surface area contributed by atoms with E-state index in [9.17, 15) is 9.59 Å². The highest BCUT2D eigenvalue weighted by atomic mass is 35.5. The molecule has 23 heavy (non-hydrogen) atoms. The van der Waals surface area contributed by atoms with Crippen molar-refractivity contribution < 1.29 is 14.3 Å². The molecule has 1 atom stereocenters. The van der Waals surface area contributed by atoms with E-state index in [4.69, 9.17) is 16.3 Å². The van der Waals surface area contributed by atoms with E-state index in [1.54, 1.807) is 37.4 Å². The Bertz CT molecular complexity index is 763. The van der Waals surface area contributed by atoms with Gasteiger partial charge in [-0.1, -0.05) is 23.7 Å². The minimum absolute atomic E-state index is 0.0998. The topological polar surface area (TPSA) is 58.6 Å². The molecule has 1 N–H and O–H groups in total. The van der Waals surface area contributed by atoms with Gasteiger partial charge in [-0.15, -0.1) is 0 Å². The fourth-order valence-corrected chi connectivity index (χ4v) is 2.73. The normalized spacial score (nSPS) is 17.5. The Morgan fingerprint density at radius 3 is 2.70 bits per heavy atom. The number of methoxy groups -OCH3 is 1. The van der Waals surface area contributed by atoms with Crippen molar-refractivity contribution in [1.29, 1.82) is 0 Å². The Morgan fingerprint density at radius 1 is 1.17 bits per heavy atom. The molecule has 2 amide bonds. The molecular formula is C17H15ClN2O3. The fourth-order valence-electron chi connectivity index (χ4n) is 2.55. The van der Waals surface area contributed by atoms with E-state index in [1.165, 1.54) is 4.90 Å². The lowest BCUT2D eigenvalue weighted by Crippen LogP contribution is -2.34. The summed E-state index contributed by atoms with van der Waals surface area (Å²) in [5, 5.41) is 3.56. The number of amides is 2. The Labute approximate surface area is 138 Å². The van der Waals surface area contributed by atoms with Crippen LogP contribution in [0.3, 0.4) is 0 Å². The zero-order valence-electron chi connectivity index (χ0n) is 12.5. The van der Waals surface area contributed by atoms with Crippen LogP contribution in [0.25, 0.3) is 0 Å². The first-order chi connectivity index (χ1) is 11.1. The van der Waals surface area contributed by atoms with Gasteiger partial charge < -0.3 is 10.1 Å². The van der Waals surface area contributed by atoms with E-state index in [-0.39, 0.29) is 18.2 Å². The maximum atomic E-state index is 12.6. The number of nitrogens with one attached hydrogen (secondary N) is 1. The van der Waals surface area contributed by atoms with Crippen molar-refractivity contribution in [3.05, 3.63) is 53.6 Å². The molecule has 1 saturated heterocycles. The molecule has 0 aromatic heterocycles. The standard InChI is InChI=1S/C17H15ClN2O3/c1-23-14-7-3-5-12(9-14)19-15-10-16(21)20(17(15)22)13-6-2-4-11(18)8-13/h2-9,15,19H,10H2,1H3. The Kier molecular flexibility index (Phi) is 4.21. The molecule has 118 valence electrons. The van der Waals surface area contributed by atoms with Crippen LogP contribution in [-0.2, 0) is 9.59 Å². The summed E-state index contributed by atoms with van der Waals surface area (Å²) in [5.74, 6) is 0.135. The Hall–Kier alpha value is -2.53. The average Bonchev–Trinajstić information content (AvgIpc) is 2.81. The second kappa shape index (κ2) is 6.30. The van der Waals surface area contributed by atoms with E-state index in [1.807, 2.05) is 18.2 Å². The third kappa shape index (κ3) is 3.14. The van der Waals surface area contributed by atoms with Gasteiger partial charge in [0.1, 0.15) is 11.8 Å². The van der Waals surface area contributed by atoms with Crippen LogP contribution in [0.2, 0.25) is 5.02 Å². The van der Waals surface area contributed by atoms with Gasteiger partial charge >= 0.3 is 0 Å². The molecule has 1 unspecified atom stereocenters. The number of nitrogens with zero attached hydrogens (tertiary/aromatic N) is 1. The number of hydrogen-bond donors (Lipinski definition) is 1. The van der Waals surface area contributed by atoms with Crippen LogP contribution in [0, 0.1) is 0 Å². The lowest BCUT2D eigenvalue weighted by molar-refractivity contribution is -0.121. The summed E-state index contributed by atoms with van der Waals surface area (Å²) < 4.78 is 5.15. The van der Waals surface area contributed by atoms with Crippen LogP contribution in [0.4, 0.5) is 11.4 Å². The SMILES string of the molecule is COc1cccc(NC2CC(=O)N(c3cccc(Cl)c3)C2=O)c1. The quantitative estimate of drug-likeness (QED) is 0.875. The number of carbonyl (C=O) groups excluding carboxylic acids is 2. The maximum Gasteiger partial charge on any atom is 0.256 e. The lowest BCUT2D eigenvalue weighted by Gasteiger charge is -2.16. The molecule has 2 aromatic carbocycles. The van der Waals surface area contributed by atoms with Crippen LogP contribution >= 0.6 is 11.6 Å². The number of carbonyl (C=O) groups is 2. The average molecular weight is 331 g/mol. The zero-order valence-corrected chi connectivity index (χ0v) is 13.2. The first-order valence-electron chi connectivity index (χ1n) is 7.11. The highest BCUT2D eigenvalue weighted by molar-refractivity contribution is 6.31. The van der Waals surface area contributed by atoms with Crippen LogP contribution in [0.5, 0.6) is 5.75 Å². The number of rotatable bonds is 4. The largest absolute Gasteiger partial charge is 0.497 e. The van der Waals surface area contributed by atoms with Crippen molar-refractivity contribution >= 4 is 34.8 Å². The first kappa shape index (κ1) is 15.4. The highest BCUT2D eigenvalue weighted by Crippen LogP contribution is 2.27. The van der Waals surface area contributed by atoms with Crippen molar-refractivity contribution in [2.24, 2.45) is 0 Å².